The second kappa shape index (κ2) is 9.94. The van der Waals surface area contributed by atoms with Gasteiger partial charge in [-0.2, -0.15) is 0 Å². The summed E-state index contributed by atoms with van der Waals surface area (Å²) in [6, 6.07) is 15.9. The number of pyridine rings is 1. The van der Waals surface area contributed by atoms with E-state index in [0.29, 0.717) is 18.9 Å². The van der Waals surface area contributed by atoms with Crippen molar-refractivity contribution in [1.82, 2.24) is 19.9 Å². The molecule has 0 radical (unpaired) electrons. The Morgan fingerprint density at radius 3 is 2.79 bits per heavy atom. The van der Waals surface area contributed by atoms with Crippen LogP contribution in [0.3, 0.4) is 0 Å². The van der Waals surface area contributed by atoms with Crippen LogP contribution in [0.15, 0.2) is 73.1 Å². The quantitative estimate of drug-likeness (QED) is 0.525. The van der Waals surface area contributed by atoms with Crippen molar-refractivity contribution >= 4 is 17.4 Å². The first-order valence-corrected chi connectivity index (χ1v) is 11.8. The fourth-order valence-electron chi connectivity index (χ4n) is 4.68. The highest BCUT2D eigenvalue weighted by Crippen LogP contribution is 2.30. The lowest BCUT2D eigenvalue weighted by molar-refractivity contribution is -0.133. The van der Waals surface area contributed by atoms with Crippen LogP contribution in [0.5, 0.6) is 0 Å². The van der Waals surface area contributed by atoms with E-state index < -0.39 is 0 Å². The van der Waals surface area contributed by atoms with E-state index in [2.05, 4.69) is 22.5 Å². The number of benzene rings is 1. The van der Waals surface area contributed by atoms with Crippen molar-refractivity contribution in [3.8, 4) is 11.3 Å². The summed E-state index contributed by atoms with van der Waals surface area (Å²) >= 11 is 0. The van der Waals surface area contributed by atoms with E-state index in [1.54, 1.807) is 6.20 Å². The van der Waals surface area contributed by atoms with E-state index in [1.807, 2.05) is 59.6 Å². The molecular weight excluding hydrogens is 410 g/mol. The molecule has 1 aliphatic heterocycles. The number of para-hydroxylation sites is 1. The number of amides is 1. The Morgan fingerprint density at radius 2 is 2.00 bits per heavy atom. The Labute approximate surface area is 194 Å². The van der Waals surface area contributed by atoms with Crippen molar-refractivity contribution in [3.05, 3.63) is 78.9 Å². The van der Waals surface area contributed by atoms with Crippen LogP contribution in [0.4, 0.5) is 11.5 Å². The van der Waals surface area contributed by atoms with Gasteiger partial charge in [0.15, 0.2) is 0 Å². The number of likely N-dealkylation sites (tertiary alicyclic amines) is 1. The van der Waals surface area contributed by atoms with Gasteiger partial charge in [0.05, 0.1) is 5.69 Å². The van der Waals surface area contributed by atoms with Crippen LogP contribution >= 0.6 is 0 Å². The lowest BCUT2D eigenvalue weighted by Gasteiger charge is -2.33. The van der Waals surface area contributed by atoms with Crippen LogP contribution in [0, 0.1) is 5.92 Å². The predicted octanol–water partition coefficient (Wildman–Crippen LogP) is 5.34. The highest BCUT2D eigenvalue weighted by molar-refractivity contribution is 5.77. The Kier molecular flexibility index (Phi) is 6.42. The lowest BCUT2D eigenvalue weighted by atomic mass is 9.95. The summed E-state index contributed by atoms with van der Waals surface area (Å²) in [5.74, 6) is 2.31. The molecule has 1 aromatic carbocycles. The SMILES string of the molecule is O=C(C[C@@H]1C=CCC1)N1CCC[C@H](c2nc(Nc3ccccc3)cc(-c3cccnc3)n2)C1. The predicted molar refractivity (Wildman–Crippen MR) is 130 cm³/mol. The van der Waals surface area contributed by atoms with Crippen molar-refractivity contribution in [1.29, 1.82) is 0 Å². The maximum absolute atomic E-state index is 13.0. The van der Waals surface area contributed by atoms with Crippen molar-refractivity contribution in [2.45, 2.75) is 38.0 Å². The number of allylic oxidation sites excluding steroid dienone is 2. The monoisotopic (exact) mass is 439 g/mol. The zero-order chi connectivity index (χ0) is 22.5. The van der Waals surface area contributed by atoms with Gasteiger partial charge in [0, 0.05) is 55.1 Å². The number of carbonyl (C=O) groups excluding carboxylic acids is 1. The number of nitrogens with zero attached hydrogens (tertiary/aromatic N) is 4. The van der Waals surface area contributed by atoms with E-state index in [9.17, 15) is 4.79 Å². The second-order valence-electron chi connectivity index (χ2n) is 8.88. The smallest absolute Gasteiger partial charge is 0.223 e. The molecule has 3 aromatic rings. The van der Waals surface area contributed by atoms with E-state index in [1.165, 1.54) is 0 Å². The van der Waals surface area contributed by atoms with Gasteiger partial charge in [0.2, 0.25) is 5.91 Å². The molecule has 6 heteroatoms. The Balaban J connectivity index is 1.40. The first-order chi connectivity index (χ1) is 16.2. The van der Waals surface area contributed by atoms with Gasteiger partial charge in [0.25, 0.3) is 0 Å². The molecule has 0 bridgehead atoms. The third-order valence-corrected chi connectivity index (χ3v) is 6.44. The topological polar surface area (TPSA) is 71.0 Å². The molecule has 2 aliphatic rings. The largest absolute Gasteiger partial charge is 0.342 e. The van der Waals surface area contributed by atoms with Gasteiger partial charge in [-0.3, -0.25) is 9.78 Å². The molecule has 1 saturated heterocycles. The Hall–Kier alpha value is -3.54. The minimum absolute atomic E-state index is 0.120. The van der Waals surface area contributed by atoms with E-state index in [-0.39, 0.29) is 11.8 Å². The minimum atomic E-state index is 0.120. The Bertz CT molecular complexity index is 1120. The summed E-state index contributed by atoms with van der Waals surface area (Å²) in [5, 5.41) is 3.42. The summed E-state index contributed by atoms with van der Waals surface area (Å²) in [4.78, 5) is 29.0. The molecule has 168 valence electrons. The highest BCUT2D eigenvalue weighted by atomic mass is 16.2. The number of nitrogens with one attached hydrogen (secondary N) is 1. The second-order valence-corrected chi connectivity index (χ2v) is 8.88. The van der Waals surface area contributed by atoms with Crippen molar-refractivity contribution in [2.75, 3.05) is 18.4 Å². The van der Waals surface area contributed by atoms with Gasteiger partial charge in [-0.1, -0.05) is 30.4 Å². The van der Waals surface area contributed by atoms with Gasteiger partial charge in [0.1, 0.15) is 11.6 Å². The maximum atomic E-state index is 13.0. The van der Waals surface area contributed by atoms with Gasteiger partial charge in [-0.05, 0) is 55.9 Å². The standard InChI is InChI=1S/C27H29N5O/c33-26(16-20-8-4-5-9-20)32-15-7-11-22(19-32)27-30-24(21-10-6-14-28-18-21)17-25(31-27)29-23-12-2-1-3-13-23/h1-4,6,8,10,12-14,17-18,20,22H,5,7,9,11,15-16,19H2,(H,29,30,31)/t20-,22+/m1/s1. The average Bonchev–Trinajstić information content (AvgIpc) is 3.38. The summed E-state index contributed by atoms with van der Waals surface area (Å²) in [5.41, 5.74) is 2.77. The van der Waals surface area contributed by atoms with Crippen LogP contribution in [0.25, 0.3) is 11.3 Å². The normalized spacial score (nSPS) is 20.1. The summed E-state index contributed by atoms with van der Waals surface area (Å²) < 4.78 is 0. The van der Waals surface area contributed by atoms with Crippen LogP contribution in [0.1, 0.15) is 43.8 Å². The van der Waals surface area contributed by atoms with Crippen molar-refractivity contribution in [3.63, 3.8) is 0 Å². The molecule has 2 atom stereocenters. The van der Waals surface area contributed by atoms with Gasteiger partial charge >= 0.3 is 0 Å². The van der Waals surface area contributed by atoms with Crippen LogP contribution in [-0.2, 0) is 4.79 Å². The fourth-order valence-corrected chi connectivity index (χ4v) is 4.68. The number of carbonyl (C=O) groups is 1. The van der Waals surface area contributed by atoms with E-state index >= 15 is 0 Å². The molecule has 1 N–H and O–H groups in total. The van der Waals surface area contributed by atoms with Crippen molar-refractivity contribution in [2.24, 2.45) is 5.92 Å². The zero-order valence-corrected chi connectivity index (χ0v) is 18.7. The molecule has 3 heterocycles. The molecule has 1 fully saturated rings. The van der Waals surface area contributed by atoms with E-state index in [4.69, 9.17) is 9.97 Å². The van der Waals surface area contributed by atoms with Gasteiger partial charge in [-0.25, -0.2) is 9.97 Å². The summed E-state index contributed by atoms with van der Waals surface area (Å²) in [6.45, 7) is 1.50. The lowest BCUT2D eigenvalue weighted by Crippen LogP contribution is -2.40. The van der Waals surface area contributed by atoms with Crippen LogP contribution in [0.2, 0.25) is 0 Å². The highest BCUT2D eigenvalue weighted by Gasteiger charge is 2.28. The van der Waals surface area contributed by atoms with Crippen LogP contribution in [-0.4, -0.2) is 38.8 Å². The average molecular weight is 440 g/mol. The maximum Gasteiger partial charge on any atom is 0.223 e. The van der Waals surface area contributed by atoms with E-state index in [0.717, 1.165) is 60.8 Å². The third kappa shape index (κ3) is 5.28. The number of hydrogen-bond donors (Lipinski definition) is 1. The molecule has 33 heavy (non-hydrogen) atoms. The number of rotatable bonds is 6. The molecule has 1 aliphatic carbocycles. The summed E-state index contributed by atoms with van der Waals surface area (Å²) in [6.07, 6.45) is 12.7. The molecule has 2 aromatic heterocycles. The minimum Gasteiger partial charge on any atom is -0.342 e. The first kappa shape index (κ1) is 21.3. The number of piperidine rings is 1. The number of hydrogen-bond acceptors (Lipinski definition) is 5. The number of anilines is 2. The third-order valence-electron chi connectivity index (χ3n) is 6.44. The molecule has 0 unspecified atom stereocenters. The molecule has 6 nitrogen and oxygen atoms in total. The summed E-state index contributed by atoms with van der Waals surface area (Å²) in [7, 11) is 0. The number of aromatic nitrogens is 3. The first-order valence-electron chi connectivity index (χ1n) is 11.8. The molecule has 0 spiro atoms. The van der Waals surface area contributed by atoms with Crippen LogP contribution < -0.4 is 5.32 Å². The zero-order valence-electron chi connectivity index (χ0n) is 18.7. The molecule has 5 rings (SSSR count). The molecule has 1 amide bonds. The fraction of sp³-hybridized carbons (Fsp3) is 0.333. The van der Waals surface area contributed by atoms with Gasteiger partial charge < -0.3 is 10.2 Å². The molecule has 0 saturated carbocycles. The molecular formula is C27H29N5O. The van der Waals surface area contributed by atoms with Gasteiger partial charge in [-0.15, -0.1) is 0 Å². The van der Waals surface area contributed by atoms with Crippen molar-refractivity contribution < 1.29 is 4.79 Å². The Morgan fingerprint density at radius 1 is 1.09 bits per heavy atom.